The van der Waals surface area contributed by atoms with Crippen molar-refractivity contribution in [2.24, 2.45) is 5.92 Å². The summed E-state index contributed by atoms with van der Waals surface area (Å²) < 4.78 is 18.5. The number of methoxy groups -OCH3 is 1. The van der Waals surface area contributed by atoms with Crippen molar-refractivity contribution in [3.05, 3.63) is 35.6 Å². The summed E-state index contributed by atoms with van der Waals surface area (Å²) in [4.78, 5) is 0. The molecule has 1 unspecified atom stereocenters. The van der Waals surface area contributed by atoms with Gasteiger partial charge in [0.1, 0.15) is 5.82 Å². The molecular weight excluding hydrogens is 205 g/mol. The van der Waals surface area contributed by atoms with E-state index in [9.17, 15) is 4.39 Å². The fourth-order valence-electron chi connectivity index (χ4n) is 1.55. The number of ether oxygens (including phenoxy) is 1. The highest BCUT2D eigenvalue weighted by atomic mass is 19.1. The first-order valence-electron chi connectivity index (χ1n) is 5.61. The number of benzene rings is 1. The molecule has 3 heteroatoms. The Morgan fingerprint density at radius 1 is 1.31 bits per heavy atom. The van der Waals surface area contributed by atoms with Gasteiger partial charge in [-0.1, -0.05) is 32.0 Å². The maximum Gasteiger partial charge on any atom is 0.127 e. The normalized spacial score (nSPS) is 13.1. The molecule has 0 amide bonds. The fraction of sp³-hybridized carbons (Fsp3) is 0.538. The minimum Gasteiger partial charge on any atom is -0.383 e. The van der Waals surface area contributed by atoms with Crippen molar-refractivity contribution in [3.8, 4) is 0 Å². The third-order valence-electron chi connectivity index (χ3n) is 2.66. The summed E-state index contributed by atoms with van der Waals surface area (Å²) in [7, 11) is 1.68. The number of hydrogen-bond acceptors (Lipinski definition) is 2. The number of hydrogen-bond donors (Lipinski definition) is 1. The highest BCUT2D eigenvalue weighted by Crippen LogP contribution is 2.08. The molecule has 0 saturated heterocycles. The van der Waals surface area contributed by atoms with Crippen LogP contribution in [-0.2, 0) is 11.3 Å². The van der Waals surface area contributed by atoms with E-state index >= 15 is 0 Å². The molecule has 0 fully saturated rings. The lowest BCUT2D eigenvalue weighted by Crippen LogP contribution is -2.37. The lowest BCUT2D eigenvalue weighted by Gasteiger charge is -2.21. The van der Waals surface area contributed by atoms with Crippen molar-refractivity contribution < 1.29 is 9.13 Å². The average Bonchev–Trinajstić information content (AvgIpc) is 2.26. The summed E-state index contributed by atoms with van der Waals surface area (Å²) in [5.41, 5.74) is 0.698. The molecule has 16 heavy (non-hydrogen) atoms. The van der Waals surface area contributed by atoms with E-state index in [0.717, 1.165) is 0 Å². The van der Waals surface area contributed by atoms with Gasteiger partial charge in [0.2, 0.25) is 0 Å². The summed E-state index contributed by atoms with van der Waals surface area (Å²) in [5, 5.41) is 3.31. The molecule has 0 aliphatic rings. The summed E-state index contributed by atoms with van der Waals surface area (Å²) in [5.74, 6) is 0.307. The van der Waals surface area contributed by atoms with Crippen LogP contribution in [0.2, 0.25) is 0 Å². The van der Waals surface area contributed by atoms with Crippen molar-refractivity contribution >= 4 is 0 Å². The van der Waals surface area contributed by atoms with Crippen LogP contribution >= 0.6 is 0 Å². The average molecular weight is 225 g/mol. The van der Waals surface area contributed by atoms with E-state index < -0.39 is 0 Å². The first-order chi connectivity index (χ1) is 7.65. The molecule has 2 nitrogen and oxygen atoms in total. The van der Waals surface area contributed by atoms with Crippen molar-refractivity contribution in [3.63, 3.8) is 0 Å². The monoisotopic (exact) mass is 225 g/mol. The van der Waals surface area contributed by atoms with Gasteiger partial charge in [-0.05, 0) is 12.0 Å². The van der Waals surface area contributed by atoms with E-state index in [1.807, 2.05) is 6.07 Å². The highest BCUT2D eigenvalue weighted by molar-refractivity contribution is 5.17. The molecule has 1 aromatic rings. The molecule has 0 saturated carbocycles. The molecule has 0 heterocycles. The van der Waals surface area contributed by atoms with Crippen LogP contribution in [-0.4, -0.2) is 19.8 Å². The molecule has 0 spiro atoms. The number of nitrogens with one attached hydrogen (secondary N) is 1. The molecule has 0 aliphatic heterocycles. The molecule has 0 aromatic heterocycles. The maximum absolute atomic E-state index is 13.4. The maximum atomic E-state index is 13.4. The van der Waals surface area contributed by atoms with Gasteiger partial charge in [-0.15, -0.1) is 0 Å². The van der Waals surface area contributed by atoms with Gasteiger partial charge in [0.25, 0.3) is 0 Å². The Morgan fingerprint density at radius 2 is 2.00 bits per heavy atom. The van der Waals surface area contributed by atoms with E-state index in [-0.39, 0.29) is 11.9 Å². The zero-order valence-electron chi connectivity index (χ0n) is 10.2. The van der Waals surface area contributed by atoms with E-state index in [4.69, 9.17) is 4.74 Å². The predicted octanol–water partition coefficient (Wildman–Crippen LogP) is 2.59. The summed E-state index contributed by atoms with van der Waals surface area (Å²) in [6.07, 6.45) is 0. The van der Waals surface area contributed by atoms with Crippen LogP contribution in [0.5, 0.6) is 0 Å². The molecule has 0 aliphatic carbocycles. The van der Waals surface area contributed by atoms with Gasteiger partial charge in [-0.3, -0.25) is 0 Å². The first kappa shape index (κ1) is 13.1. The van der Waals surface area contributed by atoms with Gasteiger partial charge in [-0.25, -0.2) is 4.39 Å². The van der Waals surface area contributed by atoms with Crippen molar-refractivity contribution in [2.45, 2.75) is 26.4 Å². The van der Waals surface area contributed by atoms with Gasteiger partial charge >= 0.3 is 0 Å². The molecule has 90 valence electrons. The van der Waals surface area contributed by atoms with Gasteiger partial charge in [0.05, 0.1) is 6.61 Å². The van der Waals surface area contributed by atoms with E-state index in [2.05, 4.69) is 19.2 Å². The molecule has 1 aromatic carbocycles. The Morgan fingerprint density at radius 3 is 2.56 bits per heavy atom. The first-order valence-corrected chi connectivity index (χ1v) is 5.61. The second kappa shape index (κ2) is 6.61. The van der Waals surface area contributed by atoms with Gasteiger partial charge < -0.3 is 10.1 Å². The number of halogens is 1. The molecule has 1 atom stereocenters. The van der Waals surface area contributed by atoms with Crippen molar-refractivity contribution in [1.29, 1.82) is 0 Å². The van der Waals surface area contributed by atoms with Crippen molar-refractivity contribution in [2.75, 3.05) is 13.7 Å². The predicted molar refractivity (Wildman–Crippen MR) is 63.7 cm³/mol. The standard InChI is InChI=1S/C13H20FNO/c1-10(2)13(9-16-3)15-8-11-6-4-5-7-12(11)14/h4-7,10,13,15H,8-9H2,1-3H3. The lowest BCUT2D eigenvalue weighted by atomic mass is 10.0. The van der Waals surface area contributed by atoms with Crippen molar-refractivity contribution in [1.82, 2.24) is 5.32 Å². The Labute approximate surface area is 96.8 Å². The molecule has 1 rings (SSSR count). The summed E-state index contributed by atoms with van der Waals surface area (Å²) in [6, 6.07) is 7.09. The Bertz CT molecular complexity index is 315. The number of rotatable bonds is 6. The van der Waals surface area contributed by atoms with Crippen LogP contribution in [0, 0.1) is 11.7 Å². The van der Waals surface area contributed by atoms with E-state index in [1.165, 1.54) is 6.07 Å². The fourth-order valence-corrected chi connectivity index (χ4v) is 1.55. The van der Waals surface area contributed by atoms with Crippen LogP contribution < -0.4 is 5.32 Å². The third kappa shape index (κ3) is 3.91. The largest absolute Gasteiger partial charge is 0.383 e. The zero-order valence-corrected chi connectivity index (χ0v) is 10.2. The van der Waals surface area contributed by atoms with Crippen LogP contribution in [0.15, 0.2) is 24.3 Å². The molecule has 1 N–H and O–H groups in total. The quantitative estimate of drug-likeness (QED) is 0.803. The minimum absolute atomic E-state index is 0.157. The SMILES string of the molecule is COCC(NCc1ccccc1F)C(C)C. The topological polar surface area (TPSA) is 21.3 Å². The van der Waals surface area contributed by atoms with Crippen LogP contribution in [0.4, 0.5) is 4.39 Å². The Kier molecular flexibility index (Phi) is 5.43. The second-order valence-corrected chi connectivity index (χ2v) is 4.28. The molecule has 0 bridgehead atoms. The van der Waals surface area contributed by atoms with E-state index in [0.29, 0.717) is 24.6 Å². The summed E-state index contributed by atoms with van der Waals surface area (Å²) in [6.45, 7) is 5.43. The highest BCUT2D eigenvalue weighted by Gasteiger charge is 2.12. The van der Waals surface area contributed by atoms with Gasteiger partial charge in [0.15, 0.2) is 0 Å². The van der Waals surface area contributed by atoms with E-state index in [1.54, 1.807) is 19.2 Å². The smallest absolute Gasteiger partial charge is 0.127 e. The third-order valence-corrected chi connectivity index (χ3v) is 2.66. The minimum atomic E-state index is -0.157. The van der Waals surface area contributed by atoms with Crippen LogP contribution in [0.25, 0.3) is 0 Å². The Balaban J connectivity index is 2.52. The Hall–Kier alpha value is -0.930. The lowest BCUT2D eigenvalue weighted by molar-refractivity contribution is 0.146. The molecular formula is C13H20FNO. The van der Waals surface area contributed by atoms with Gasteiger partial charge in [0, 0.05) is 25.3 Å². The van der Waals surface area contributed by atoms with Crippen LogP contribution in [0.1, 0.15) is 19.4 Å². The summed E-state index contributed by atoms with van der Waals surface area (Å²) >= 11 is 0. The zero-order chi connectivity index (χ0) is 12.0. The second-order valence-electron chi connectivity index (χ2n) is 4.28. The van der Waals surface area contributed by atoms with Crippen LogP contribution in [0.3, 0.4) is 0 Å². The van der Waals surface area contributed by atoms with Gasteiger partial charge in [-0.2, -0.15) is 0 Å². The molecule has 0 radical (unpaired) electrons.